The van der Waals surface area contributed by atoms with Crippen molar-refractivity contribution in [3.8, 4) is 0 Å². The molecule has 0 fully saturated rings. The fraction of sp³-hybridized carbons (Fsp3) is 0.667. The minimum atomic E-state index is -3.48. The van der Waals surface area contributed by atoms with Crippen LogP contribution < -0.4 is 0 Å². The first kappa shape index (κ1) is 8.95. The van der Waals surface area contributed by atoms with Crippen molar-refractivity contribution in [1.29, 1.82) is 0 Å². The minimum Gasteiger partial charge on any atom is -0.474 e. The predicted octanol–water partition coefficient (Wildman–Crippen LogP) is 1.79. The van der Waals surface area contributed by atoms with Gasteiger partial charge in [-0.1, -0.05) is 11.6 Å². The maximum absolute atomic E-state index is 10.6. The first-order chi connectivity index (χ1) is 4.00. The second kappa shape index (κ2) is 3.20. The summed E-state index contributed by atoms with van der Waals surface area (Å²) in [5, 5.41) is 8.13. The SMILES string of the molecule is CP(=O)(OCCl)C(=O)O. The summed E-state index contributed by atoms with van der Waals surface area (Å²) in [5.74, 6) is 0. The highest BCUT2D eigenvalue weighted by atomic mass is 35.5. The maximum atomic E-state index is 10.6. The highest BCUT2D eigenvalue weighted by Crippen LogP contribution is 2.42. The van der Waals surface area contributed by atoms with Gasteiger partial charge in [-0.15, -0.1) is 0 Å². The molecule has 0 aromatic heterocycles. The Labute approximate surface area is 57.2 Å². The van der Waals surface area contributed by atoms with E-state index in [1.165, 1.54) is 0 Å². The molecular weight excluding hydrogens is 166 g/mol. The largest absolute Gasteiger partial charge is 0.474 e. The van der Waals surface area contributed by atoms with Crippen LogP contribution in [0.25, 0.3) is 0 Å². The van der Waals surface area contributed by atoms with Gasteiger partial charge in [0.1, 0.15) is 6.07 Å². The molecular formula is C3H6ClO4P. The average molecular weight is 173 g/mol. The lowest BCUT2D eigenvalue weighted by Crippen LogP contribution is -1.96. The van der Waals surface area contributed by atoms with Crippen LogP contribution >= 0.6 is 19.0 Å². The monoisotopic (exact) mass is 172 g/mol. The molecule has 0 saturated heterocycles. The molecule has 0 saturated carbocycles. The number of alkyl halides is 1. The van der Waals surface area contributed by atoms with Crippen LogP contribution in [0.3, 0.4) is 0 Å². The smallest absolute Gasteiger partial charge is 0.388 e. The van der Waals surface area contributed by atoms with Crippen LogP contribution in [0.1, 0.15) is 0 Å². The maximum Gasteiger partial charge on any atom is 0.388 e. The van der Waals surface area contributed by atoms with Gasteiger partial charge in [-0.3, -0.25) is 4.57 Å². The van der Waals surface area contributed by atoms with E-state index in [1.54, 1.807) is 0 Å². The zero-order valence-corrected chi connectivity index (χ0v) is 6.35. The Morgan fingerprint density at radius 2 is 2.33 bits per heavy atom. The molecule has 9 heavy (non-hydrogen) atoms. The van der Waals surface area contributed by atoms with Crippen molar-refractivity contribution in [2.24, 2.45) is 0 Å². The number of hydrogen-bond donors (Lipinski definition) is 1. The first-order valence-corrected chi connectivity index (χ1v) is 4.63. The molecule has 1 N–H and O–H groups in total. The van der Waals surface area contributed by atoms with Crippen LogP contribution in [-0.2, 0) is 9.09 Å². The highest BCUT2D eigenvalue weighted by Gasteiger charge is 2.25. The van der Waals surface area contributed by atoms with E-state index in [9.17, 15) is 9.36 Å². The van der Waals surface area contributed by atoms with Gasteiger partial charge in [-0.25, -0.2) is 4.79 Å². The third-order valence-electron chi connectivity index (χ3n) is 0.643. The molecule has 0 radical (unpaired) electrons. The second-order valence-corrected chi connectivity index (χ2v) is 3.92. The Morgan fingerprint density at radius 1 is 1.89 bits per heavy atom. The van der Waals surface area contributed by atoms with Gasteiger partial charge in [0.25, 0.3) is 0 Å². The van der Waals surface area contributed by atoms with Gasteiger partial charge in [0.05, 0.1) is 0 Å². The fourth-order valence-corrected chi connectivity index (χ4v) is 1.00. The van der Waals surface area contributed by atoms with Crippen molar-refractivity contribution >= 4 is 24.7 Å². The lowest BCUT2D eigenvalue weighted by molar-refractivity contribution is 0.213. The van der Waals surface area contributed by atoms with Gasteiger partial charge in [0.15, 0.2) is 0 Å². The lowest BCUT2D eigenvalue weighted by atomic mass is 11.6. The van der Waals surface area contributed by atoms with Gasteiger partial charge < -0.3 is 9.63 Å². The standard InChI is InChI=1S/C3H6ClO4P/c1-9(7,3(5)6)8-2-4/h2H2,1H3,(H,5,6). The third kappa shape index (κ3) is 2.84. The number of carboxylic acid groups (broad SMARTS) is 1. The highest BCUT2D eigenvalue weighted by molar-refractivity contribution is 7.74. The topological polar surface area (TPSA) is 63.6 Å². The Hall–Kier alpha value is -0.0500. The summed E-state index contributed by atoms with van der Waals surface area (Å²) in [7, 11) is -3.48. The molecule has 1 unspecified atom stereocenters. The summed E-state index contributed by atoms with van der Waals surface area (Å²) in [5.41, 5.74) is -1.46. The molecule has 0 bridgehead atoms. The number of carbonyl (C=O) groups is 1. The molecule has 0 aliphatic carbocycles. The van der Waals surface area contributed by atoms with Gasteiger partial charge in [0.2, 0.25) is 0 Å². The van der Waals surface area contributed by atoms with Crippen molar-refractivity contribution in [3.05, 3.63) is 0 Å². The zero-order chi connectivity index (χ0) is 7.49. The second-order valence-electron chi connectivity index (χ2n) is 1.37. The molecule has 4 nitrogen and oxygen atoms in total. The number of halogens is 1. The molecule has 54 valence electrons. The summed E-state index contributed by atoms with van der Waals surface area (Å²) >= 11 is 4.97. The van der Waals surface area contributed by atoms with Gasteiger partial charge in [-0.05, 0) is 0 Å². The summed E-state index contributed by atoms with van der Waals surface area (Å²) in [6.45, 7) is 0.998. The van der Waals surface area contributed by atoms with Crippen molar-refractivity contribution in [2.45, 2.75) is 0 Å². The van der Waals surface area contributed by atoms with E-state index in [0.717, 1.165) is 6.66 Å². The minimum absolute atomic E-state index is 0.361. The molecule has 0 aromatic rings. The zero-order valence-electron chi connectivity index (χ0n) is 4.70. The Morgan fingerprint density at radius 3 is 2.44 bits per heavy atom. The van der Waals surface area contributed by atoms with Crippen molar-refractivity contribution < 1.29 is 19.0 Å². The lowest BCUT2D eigenvalue weighted by Gasteiger charge is -2.03. The summed E-state index contributed by atoms with van der Waals surface area (Å²) in [4.78, 5) is 9.96. The van der Waals surface area contributed by atoms with Crippen molar-refractivity contribution in [2.75, 3.05) is 12.7 Å². The Balaban J connectivity index is 4.04. The normalized spacial score (nSPS) is 16.7. The van der Waals surface area contributed by atoms with Crippen molar-refractivity contribution in [1.82, 2.24) is 0 Å². The molecule has 0 aliphatic rings. The van der Waals surface area contributed by atoms with Crippen LogP contribution in [0, 0.1) is 0 Å². The van der Waals surface area contributed by atoms with Crippen LogP contribution in [0.15, 0.2) is 0 Å². The average Bonchev–Trinajstić information content (AvgIpc) is 1.65. The first-order valence-electron chi connectivity index (χ1n) is 2.02. The van der Waals surface area contributed by atoms with Crippen molar-refractivity contribution in [3.63, 3.8) is 0 Å². The fourth-order valence-electron chi connectivity index (χ4n) is 0.148. The van der Waals surface area contributed by atoms with E-state index in [4.69, 9.17) is 16.7 Å². The third-order valence-corrected chi connectivity index (χ3v) is 2.22. The summed E-state index contributed by atoms with van der Waals surface area (Å²) in [6.07, 6.45) is 0. The van der Waals surface area contributed by atoms with Crippen LogP contribution in [0.4, 0.5) is 4.79 Å². The molecule has 0 rings (SSSR count). The summed E-state index contributed by atoms with van der Waals surface area (Å²) < 4.78 is 14.8. The Bertz CT molecular complexity index is 156. The van der Waals surface area contributed by atoms with E-state index in [1.807, 2.05) is 0 Å². The quantitative estimate of drug-likeness (QED) is 0.521. The number of rotatable bonds is 3. The molecule has 0 heterocycles. The molecule has 0 amide bonds. The molecule has 0 aromatic carbocycles. The molecule has 0 aliphatic heterocycles. The van der Waals surface area contributed by atoms with Gasteiger partial charge >= 0.3 is 13.1 Å². The predicted molar refractivity (Wildman–Crippen MR) is 33.4 cm³/mol. The van der Waals surface area contributed by atoms with Gasteiger partial charge in [-0.2, -0.15) is 0 Å². The van der Waals surface area contributed by atoms with Gasteiger partial charge in [0, 0.05) is 6.66 Å². The van der Waals surface area contributed by atoms with E-state index < -0.39 is 13.1 Å². The van der Waals surface area contributed by atoms with Crippen LogP contribution in [-0.4, -0.2) is 23.5 Å². The molecule has 0 spiro atoms. The van der Waals surface area contributed by atoms with Crippen LogP contribution in [0.5, 0.6) is 0 Å². The van der Waals surface area contributed by atoms with E-state index in [-0.39, 0.29) is 6.07 Å². The number of hydrogen-bond acceptors (Lipinski definition) is 3. The molecule has 6 heteroatoms. The van der Waals surface area contributed by atoms with E-state index in [2.05, 4.69) is 4.52 Å². The summed E-state index contributed by atoms with van der Waals surface area (Å²) in [6, 6.07) is -0.361. The Kier molecular flexibility index (Phi) is 3.18. The molecule has 1 atom stereocenters. The van der Waals surface area contributed by atoms with Crippen LogP contribution in [0.2, 0.25) is 0 Å². The van der Waals surface area contributed by atoms with E-state index >= 15 is 0 Å². The van der Waals surface area contributed by atoms with E-state index in [0.29, 0.717) is 0 Å².